The van der Waals surface area contributed by atoms with Crippen LogP contribution < -0.4 is 4.74 Å². The second-order valence-corrected chi connectivity index (χ2v) is 9.46. The molecular formula is C23H27N3O6S. The Kier molecular flexibility index (Phi) is 6.96. The van der Waals surface area contributed by atoms with E-state index in [0.717, 1.165) is 0 Å². The predicted molar refractivity (Wildman–Crippen MR) is 122 cm³/mol. The van der Waals surface area contributed by atoms with Crippen LogP contribution in [0.2, 0.25) is 0 Å². The molecule has 2 heterocycles. The standard InChI is InChI=1S/C23H27N3O6S/c1-30-16-19(32-23(27)17-7-9-18(31-2)10-8-17)15-25-11-13-26(14-12-25)22-20-5-3-4-6-21(20)33(28,29)24-22/h3-10,19H,11-16H2,1-2H3. The van der Waals surface area contributed by atoms with Gasteiger partial charge in [0.05, 0.1) is 19.3 Å². The molecule has 1 atom stereocenters. The van der Waals surface area contributed by atoms with Crippen LogP contribution in [0.15, 0.2) is 57.8 Å². The lowest BCUT2D eigenvalue weighted by atomic mass is 10.1. The van der Waals surface area contributed by atoms with Crippen molar-refractivity contribution >= 4 is 21.8 Å². The molecule has 1 fully saturated rings. The maximum Gasteiger partial charge on any atom is 0.338 e. The molecule has 0 bridgehead atoms. The summed E-state index contributed by atoms with van der Waals surface area (Å²) in [5.41, 5.74) is 1.09. The fourth-order valence-corrected chi connectivity index (χ4v) is 5.23. The van der Waals surface area contributed by atoms with Gasteiger partial charge in [0.1, 0.15) is 16.7 Å². The minimum absolute atomic E-state index is 0.257. The van der Waals surface area contributed by atoms with E-state index < -0.39 is 22.1 Å². The lowest BCUT2D eigenvalue weighted by Gasteiger charge is -2.37. The van der Waals surface area contributed by atoms with Crippen LogP contribution in [-0.4, -0.2) is 89.7 Å². The van der Waals surface area contributed by atoms with Gasteiger partial charge in [0.15, 0.2) is 5.84 Å². The molecule has 1 unspecified atom stereocenters. The van der Waals surface area contributed by atoms with E-state index in [-0.39, 0.29) is 11.5 Å². The number of sulfonamides is 1. The fraction of sp³-hybridized carbons (Fsp3) is 0.391. The molecular weight excluding hydrogens is 446 g/mol. The number of benzene rings is 2. The third-order valence-electron chi connectivity index (χ3n) is 5.70. The van der Waals surface area contributed by atoms with E-state index in [1.54, 1.807) is 56.7 Å². The Balaban J connectivity index is 1.35. The molecule has 33 heavy (non-hydrogen) atoms. The molecule has 10 heteroatoms. The molecule has 0 spiro atoms. The Morgan fingerprint density at radius 1 is 1.03 bits per heavy atom. The summed E-state index contributed by atoms with van der Waals surface area (Å²) in [6.45, 7) is 3.40. The molecule has 176 valence electrons. The van der Waals surface area contributed by atoms with Gasteiger partial charge in [0.2, 0.25) is 0 Å². The maximum absolute atomic E-state index is 12.6. The fourth-order valence-electron chi connectivity index (χ4n) is 4.00. The van der Waals surface area contributed by atoms with E-state index >= 15 is 0 Å². The Labute approximate surface area is 193 Å². The first-order chi connectivity index (χ1) is 15.9. The highest BCUT2D eigenvalue weighted by molar-refractivity contribution is 7.90. The van der Waals surface area contributed by atoms with E-state index in [1.165, 1.54) is 0 Å². The van der Waals surface area contributed by atoms with Crippen molar-refractivity contribution in [2.24, 2.45) is 4.40 Å². The number of carbonyl (C=O) groups excluding carboxylic acids is 1. The van der Waals surface area contributed by atoms with Gasteiger partial charge in [-0.15, -0.1) is 4.40 Å². The van der Waals surface area contributed by atoms with Crippen molar-refractivity contribution in [1.82, 2.24) is 9.80 Å². The van der Waals surface area contributed by atoms with Crippen LogP contribution in [0.1, 0.15) is 15.9 Å². The second kappa shape index (κ2) is 9.90. The number of ether oxygens (including phenoxy) is 3. The molecule has 1 saturated heterocycles. The highest BCUT2D eigenvalue weighted by atomic mass is 32.2. The summed E-state index contributed by atoms with van der Waals surface area (Å²) in [4.78, 5) is 17.0. The number of methoxy groups -OCH3 is 2. The molecule has 4 rings (SSSR count). The molecule has 0 aromatic heterocycles. The molecule has 0 amide bonds. The summed E-state index contributed by atoms with van der Waals surface area (Å²) in [6, 6.07) is 13.7. The van der Waals surface area contributed by atoms with Gasteiger partial charge >= 0.3 is 5.97 Å². The van der Waals surface area contributed by atoms with E-state index in [2.05, 4.69) is 9.30 Å². The number of carbonyl (C=O) groups is 1. The predicted octanol–water partition coefficient (Wildman–Crippen LogP) is 1.63. The first kappa shape index (κ1) is 23.2. The number of rotatable bonds is 7. The highest BCUT2D eigenvalue weighted by Crippen LogP contribution is 2.28. The third-order valence-corrected chi connectivity index (χ3v) is 7.02. The summed E-state index contributed by atoms with van der Waals surface area (Å²) in [6.07, 6.45) is -0.430. The van der Waals surface area contributed by atoms with Crippen LogP contribution in [0, 0.1) is 0 Å². The van der Waals surface area contributed by atoms with Crippen molar-refractivity contribution in [2.75, 3.05) is 53.6 Å². The lowest BCUT2D eigenvalue weighted by Crippen LogP contribution is -2.51. The smallest absolute Gasteiger partial charge is 0.338 e. The van der Waals surface area contributed by atoms with E-state index in [0.29, 0.717) is 55.4 Å². The van der Waals surface area contributed by atoms with Crippen LogP contribution in [0.4, 0.5) is 0 Å². The molecule has 9 nitrogen and oxygen atoms in total. The summed E-state index contributed by atoms with van der Waals surface area (Å²) in [5, 5.41) is 0. The zero-order chi connectivity index (χ0) is 23.4. The Hall–Kier alpha value is -2.95. The van der Waals surface area contributed by atoms with Crippen molar-refractivity contribution in [3.8, 4) is 5.75 Å². The monoisotopic (exact) mass is 473 g/mol. The van der Waals surface area contributed by atoms with Gasteiger partial charge < -0.3 is 19.1 Å². The normalized spacial score (nSPS) is 18.4. The van der Waals surface area contributed by atoms with Gasteiger partial charge in [-0.3, -0.25) is 4.90 Å². The van der Waals surface area contributed by atoms with Gasteiger partial charge in [-0.1, -0.05) is 12.1 Å². The second-order valence-electron chi connectivity index (χ2n) is 7.88. The summed E-state index contributed by atoms with van der Waals surface area (Å²) in [5.74, 6) is 0.755. The van der Waals surface area contributed by atoms with Crippen LogP contribution >= 0.6 is 0 Å². The van der Waals surface area contributed by atoms with E-state index in [4.69, 9.17) is 14.2 Å². The average molecular weight is 474 g/mol. The van der Waals surface area contributed by atoms with Gasteiger partial charge in [-0.25, -0.2) is 4.79 Å². The largest absolute Gasteiger partial charge is 0.497 e. The Morgan fingerprint density at radius 2 is 1.73 bits per heavy atom. The highest BCUT2D eigenvalue weighted by Gasteiger charge is 2.33. The molecule has 0 aliphatic carbocycles. The number of piperazine rings is 1. The number of nitrogens with zero attached hydrogens (tertiary/aromatic N) is 3. The molecule has 2 aromatic carbocycles. The third kappa shape index (κ3) is 5.18. The van der Waals surface area contributed by atoms with E-state index in [1.807, 2.05) is 11.0 Å². The number of fused-ring (bicyclic) bond motifs is 1. The summed E-state index contributed by atoms with van der Waals surface area (Å²) in [7, 11) is -0.498. The van der Waals surface area contributed by atoms with Crippen LogP contribution in [-0.2, 0) is 19.5 Å². The maximum atomic E-state index is 12.6. The molecule has 0 saturated carbocycles. The SMILES string of the molecule is COCC(CN1CCN(C2=NS(=O)(=O)c3ccccc32)CC1)OC(=O)c1ccc(OC)cc1. The first-order valence-electron chi connectivity index (χ1n) is 10.7. The first-order valence-corrected chi connectivity index (χ1v) is 12.1. The Bertz CT molecular complexity index is 1130. The molecule has 2 aromatic rings. The topological polar surface area (TPSA) is 97.7 Å². The number of esters is 1. The lowest BCUT2D eigenvalue weighted by molar-refractivity contribution is -0.00972. The minimum Gasteiger partial charge on any atom is -0.497 e. The quantitative estimate of drug-likeness (QED) is 0.560. The molecule has 0 radical (unpaired) electrons. The van der Waals surface area contributed by atoms with Crippen molar-refractivity contribution < 1.29 is 27.4 Å². The number of amidine groups is 1. The van der Waals surface area contributed by atoms with Crippen LogP contribution in [0.25, 0.3) is 0 Å². The molecule has 0 N–H and O–H groups in total. The zero-order valence-corrected chi connectivity index (χ0v) is 19.5. The van der Waals surface area contributed by atoms with Crippen molar-refractivity contribution in [2.45, 2.75) is 11.0 Å². The van der Waals surface area contributed by atoms with Gasteiger partial charge in [-0.05, 0) is 36.4 Å². The van der Waals surface area contributed by atoms with Crippen molar-refractivity contribution in [3.63, 3.8) is 0 Å². The van der Waals surface area contributed by atoms with Gasteiger partial charge in [0.25, 0.3) is 10.0 Å². The van der Waals surface area contributed by atoms with E-state index in [9.17, 15) is 13.2 Å². The number of hydrogen-bond donors (Lipinski definition) is 0. The Morgan fingerprint density at radius 3 is 2.39 bits per heavy atom. The average Bonchev–Trinajstić information content (AvgIpc) is 3.11. The minimum atomic E-state index is -3.64. The van der Waals surface area contributed by atoms with Gasteiger partial charge in [-0.2, -0.15) is 8.42 Å². The number of hydrogen-bond acceptors (Lipinski definition) is 8. The zero-order valence-electron chi connectivity index (χ0n) is 18.6. The van der Waals surface area contributed by atoms with Crippen molar-refractivity contribution in [1.29, 1.82) is 0 Å². The van der Waals surface area contributed by atoms with Crippen LogP contribution in [0.3, 0.4) is 0 Å². The molecule has 2 aliphatic heterocycles. The van der Waals surface area contributed by atoms with Crippen molar-refractivity contribution in [3.05, 3.63) is 59.7 Å². The van der Waals surface area contributed by atoms with Gasteiger partial charge in [0, 0.05) is 45.4 Å². The molecule has 2 aliphatic rings. The summed E-state index contributed by atoms with van der Waals surface area (Å²) >= 11 is 0. The summed E-state index contributed by atoms with van der Waals surface area (Å²) < 4.78 is 44.8. The van der Waals surface area contributed by atoms with Crippen LogP contribution in [0.5, 0.6) is 5.75 Å².